The van der Waals surface area contributed by atoms with Gasteiger partial charge in [0.25, 0.3) is 0 Å². The van der Waals surface area contributed by atoms with Gasteiger partial charge in [-0.2, -0.15) is 0 Å². The Morgan fingerprint density at radius 1 is 1.32 bits per heavy atom. The molecule has 0 bridgehead atoms. The van der Waals surface area contributed by atoms with Gasteiger partial charge in [0.2, 0.25) is 0 Å². The Hall–Kier alpha value is -2.17. The van der Waals surface area contributed by atoms with E-state index in [9.17, 15) is 14.0 Å². The predicted octanol–water partition coefficient (Wildman–Crippen LogP) is 2.89. The van der Waals surface area contributed by atoms with Crippen molar-refractivity contribution >= 4 is 17.4 Å². The summed E-state index contributed by atoms with van der Waals surface area (Å²) in [4.78, 5) is 23.4. The molecular weight excluding hydrogens is 285 g/mol. The molecule has 0 aromatic heterocycles. The number of rotatable bonds is 10. The molecule has 0 amide bonds. The van der Waals surface area contributed by atoms with Crippen LogP contribution in [0.2, 0.25) is 0 Å². The van der Waals surface area contributed by atoms with Gasteiger partial charge in [-0.05, 0) is 12.0 Å². The highest BCUT2D eigenvalue weighted by Gasteiger charge is 2.23. The Morgan fingerprint density at radius 3 is 2.59 bits per heavy atom. The van der Waals surface area contributed by atoms with E-state index < -0.39 is 24.5 Å². The number of ether oxygens (including phenoxy) is 1. The second kappa shape index (κ2) is 9.71. The second-order valence-electron chi connectivity index (χ2n) is 4.92. The first-order valence-corrected chi connectivity index (χ1v) is 7.33. The topological polar surface area (TPSA) is 55.4 Å². The third-order valence-corrected chi connectivity index (χ3v) is 3.12. The molecule has 0 spiro atoms. The molecule has 120 valence electrons. The number of ketones is 1. The van der Waals surface area contributed by atoms with Crippen LogP contribution in [0.3, 0.4) is 0 Å². The third-order valence-electron chi connectivity index (χ3n) is 3.12. The van der Waals surface area contributed by atoms with Crippen LogP contribution in [0.1, 0.15) is 31.7 Å². The van der Waals surface area contributed by atoms with E-state index in [0.717, 1.165) is 18.4 Å². The molecule has 0 aliphatic heterocycles. The zero-order valence-corrected chi connectivity index (χ0v) is 12.8. The van der Waals surface area contributed by atoms with Crippen LogP contribution >= 0.6 is 0 Å². The van der Waals surface area contributed by atoms with Gasteiger partial charge in [-0.1, -0.05) is 50.3 Å². The summed E-state index contributed by atoms with van der Waals surface area (Å²) in [5.74, 6) is -1.21. The summed E-state index contributed by atoms with van der Waals surface area (Å²) in [5, 5.41) is 2.82. The zero-order chi connectivity index (χ0) is 16.4. The van der Waals surface area contributed by atoms with Crippen LogP contribution in [0.5, 0.6) is 0 Å². The van der Waals surface area contributed by atoms with Gasteiger partial charge in [-0.3, -0.25) is 9.59 Å². The van der Waals surface area contributed by atoms with Crippen LogP contribution in [0.15, 0.2) is 36.9 Å². The number of halogens is 1. The maximum atomic E-state index is 12.7. The fraction of sp³-hybridized carbons (Fsp3) is 0.412. The van der Waals surface area contributed by atoms with Gasteiger partial charge < -0.3 is 10.1 Å². The Bertz CT molecular complexity index is 502. The van der Waals surface area contributed by atoms with E-state index in [1.807, 2.05) is 37.3 Å². The lowest BCUT2D eigenvalue weighted by atomic mass is 10.1. The molecule has 1 aromatic rings. The number of hydrogen-bond acceptors (Lipinski definition) is 4. The maximum Gasteiger partial charge on any atom is 0.308 e. The van der Waals surface area contributed by atoms with Crippen molar-refractivity contribution < 1.29 is 18.7 Å². The van der Waals surface area contributed by atoms with Crippen molar-refractivity contribution in [3.63, 3.8) is 0 Å². The summed E-state index contributed by atoms with van der Waals surface area (Å²) in [5.41, 5.74) is 1.24. The normalized spacial score (nSPS) is 11.5. The van der Waals surface area contributed by atoms with Crippen molar-refractivity contribution in [3.8, 4) is 0 Å². The number of benzene rings is 1. The van der Waals surface area contributed by atoms with Crippen LogP contribution < -0.4 is 5.32 Å². The lowest BCUT2D eigenvalue weighted by molar-refractivity contribution is -0.145. The largest absolute Gasteiger partial charge is 0.466 e. The molecule has 0 fully saturated rings. The minimum atomic E-state index is -1.14. The maximum absolute atomic E-state index is 12.7. The second-order valence-corrected chi connectivity index (χ2v) is 4.92. The van der Waals surface area contributed by atoms with E-state index in [2.05, 4.69) is 11.9 Å². The van der Waals surface area contributed by atoms with Gasteiger partial charge in [-0.25, -0.2) is 4.39 Å². The fourth-order valence-corrected chi connectivity index (χ4v) is 1.83. The summed E-state index contributed by atoms with van der Waals surface area (Å²) < 4.78 is 17.7. The molecule has 1 atom stereocenters. The minimum Gasteiger partial charge on any atom is -0.466 e. The molecule has 0 radical (unpaired) electrons. The van der Waals surface area contributed by atoms with Crippen LogP contribution in [0, 0.1) is 0 Å². The van der Waals surface area contributed by atoms with Crippen LogP contribution in [-0.4, -0.2) is 31.1 Å². The highest BCUT2D eigenvalue weighted by Crippen LogP contribution is 2.11. The molecular formula is C17H22FNO3. The zero-order valence-electron chi connectivity index (χ0n) is 12.8. The van der Waals surface area contributed by atoms with Crippen molar-refractivity contribution in [3.05, 3.63) is 42.5 Å². The summed E-state index contributed by atoms with van der Waals surface area (Å²) in [7, 11) is 0. The summed E-state index contributed by atoms with van der Waals surface area (Å²) >= 11 is 0. The number of carbonyl (C=O) groups excluding carboxylic acids is 2. The van der Waals surface area contributed by atoms with Gasteiger partial charge in [0.1, 0.15) is 6.67 Å². The molecule has 1 N–H and O–H groups in total. The number of hydrogen-bond donors (Lipinski definition) is 1. The molecule has 0 aliphatic carbocycles. The third kappa shape index (κ3) is 6.08. The Balaban J connectivity index is 2.63. The molecule has 1 unspecified atom stereocenters. The van der Waals surface area contributed by atoms with Crippen LogP contribution in [-0.2, 0) is 14.3 Å². The average Bonchev–Trinajstić information content (AvgIpc) is 2.54. The Kier molecular flexibility index (Phi) is 7.89. The lowest BCUT2D eigenvalue weighted by Gasteiger charge is -2.18. The number of Topliss-reactive ketones (excluding diaryl/α,β-unsaturated/α-hetero) is 1. The van der Waals surface area contributed by atoms with Crippen molar-refractivity contribution in [2.45, 2.75) is 32.2 Å². The van der Waals surface area contributed by atoms with Crippen molar-refractivity contribution in [2.24, 2.45) is 0 Å². The standard InChI is InChI=1S/C17H22FNO3/c1-3-4-10-22-17(21)11-15(16(20)12-18)19-13(2)14-8-6-5-7-9-14/h5-9,15,19H,2-4,10-12H2,1H3. The molecule has 1 aromatic carbocycles. The monoisotopic (exact) mass is 307 g/mol. The van der Waals surface area contributed by atoms with Gasteiger partial charge in [0.05, 0.1) is 19.1 Å². The predicted molar refractivity (Wildman–Crippen MR) is 83.9 cm³/mol. The number of unbranched alkanes of at least 4 members (excludes halogenated alkanes) is 1. The highest BCUT2D eigenvalue weighted by atomic mass is 19.1. The summed E-state index contributed by atoms with van der Waals surface area (Å²) in [6.45, 7) is 4.98. The molecule has 0 saturated heterocycles. The summed E-state index contributed by atoms with van der Waals surface area (Å²) in [6.07, 6.45) is 1.46. The molecule has 5 heteroatoms. The minimum absolute atomic E-state index is 0.210. The SMILES string of the molecule is C=C(NC(CC(=O)OCCCC)C(=O)CF)c1ccccc1. The number of carbonyl (C=O) groups is 2. The highest BCUT2D eigenvalue weighted by molar-refractivity contribution is 5.90. The van der Waals surface area contributed by atoms with Crippen molar-refractivity contribution in [2.75, 3.05) is 13.3 Å². The molecule has 1 rings (SSSR count). The lowest BCUT2D eigenvalue weighted by Crippen LogP contribution is -2.38. The van der Waals surface area contributed by atoms with Gasteiger partial charge in [-0.15, -0.1) is 0 Å². The molecule has 4 nitrogen and oxygen atoms in total. The van der Waals surface area contributed by atoms with E-state index in [0.29, 0.717) is 12.3 Å². The van der Waals surface area contributed by atoms with E-state index in [-0.39, 0.29) is 6.42 Å². The van der Waals surface area contributed by atoms with Gasteiger partial charge in [0, 0.05) is 5.70 Å². The first-order valence-electron chi connectivity index (χ1n) is 7.33. The number of esters is 1. The molecule has 0 saturated carbocycles. The van der Waals surface area contributed by atoms with E-state index >= 15 is 0 Å². The number of alkyl halides is 1. The first-order chi connectivity index (χ1) is 10.6. The molecule has 0 heterocycles. The first kappa shape index (κ1) is 17.9. The molecule has 22 heavy (non-hydrogen) atoms. The van der Waals surface area contributed by atoms with Crippen LogP contribution in [0.25, 0.3) is 5.70 Å². The van der Waals surface area contributed by atoms with E-state index in [1.165, 1.54) is 0 Å². The fourth-order valence-electron chi connectivity index (χ4n) is 1.83. The number of nitrogens with one attached hydrogen (secondary N) is 1. The van der Waals surface area contributed by atoms with Gasteiger partial charge in [0.15, 0.2) is 5.78 Å². The van der Waals surface area contributed by atoms with E-state index in [1.54, 1.807) is 0 Å². The molecule has 0 aliphatic rings. The van der Waals surface area contributed by atoms with Crippen molar-refractivity contribution in [1.82, 2.24) is 5.32 Å². The smallest absolute Gasteiger partial charge is 0.308 e. The Morgan fingerprint density at radius 2 is 2.00 bits per heavy atom. The summed E-state index contributed by atoms with van der Waals surface area (Å²) in [6, 6.07) is 8.16. The average molecular weight is 307 g/mol. The van der Waals surface area contributed by atoms with Gasteiger partial charge >= 0.3 is 5.97 Å². The van der Waals surface area contributed by atoms with Crippen molar-refractivity contribution in [1.29, 1.82) is 0 Å². The Labute approximate surface area is 130 Å². The van der Waals surface area contributed by atoms with E-state index in [4.69, 9.17) is 4.74 Å². The van der Waals surface area contributed by atoms with Crippen LogP contribution in [0.4, 0.5) is 4.39 Å². The quantitative estimate of drug-likeness (QED) is 0.533.